The lowest BCUT2D eigenvalue weighted by Gasteiger charge is -2.30. The molecule has 1 fully saturated rings. The molecule has 2 aromatic rings. The van der Waals surface area contributed by atoms with Crippen molar-refractivity contribution >= 4 is 29.1 Å². The number of aryl methyl sites for hydroxylation is 1. The summed E-state index contributed by atoms with van der Waals surface area (Å²) in [5.41, 5.74) is 2.35. The number of carbonyl (C=O) groups is 1. The highest BCUT2D eigenvalue weighted by Gasteiger charge is 2.21. The van der Waals surface area contributed by atoms with Crippen LogP contribution >= 0.6 is 11.6 Å². The van der Waals surface area contributed by atoms with Crippen molar-refractivity contribution in [2.45, 2.75) is 26.7 Å². The summed E-state index contributed by atoms with van der Waals surface area (Å²) >= 11 is 6.11. The van der Waals surface area contributed by atoms with Crippen LogP contribution in [0.15, 0.2) is 30.6 Å². The van der Waals surface area contributed by atoms with Gasteiger partial charge in [0.25, 0.3) is 5.91 Å². The zero-order valence-electron chi connectivity index (χ0n) is 13.9. The summed E-state index contributed by atoms with van der Waals surface area (Å²) in [5.74, 6) is 1.14. The smallest absolute Gasteiger partial charge is 0.256 e. The van der Waals surface area contributed by atoms with E-state index < -0.39 is 0 Å². The molecule has 1 amide bonds. The Kier molecular flexibility index (Phi) is 5.00. The van der Waals surface area contributed by atoms with E-state index in [2.05, 4.69) is 22.2 Å². The number of hydrogen-bond acceptors (Lipinski definition) is 4. The second kappa shape index (κ2) is 7.18. The number of rotatable bonds is 3. The van der Waals surface area contributed by atoms with Gasteiger partial charge in [-0.3, -0.25) is 4.79 Å². The number of nitrogens with zero attached hydrogens (tertiary/aromatic N) is 3. The molecule has 0 aliphatic carbocycles. The van der Waals surface area contributed by atoms with Crippen molar-refractivity contribution in [3.8, 4) is 0 Å². The van der Waals surface area contributed by atoms with Gasteiger partial charge in [-0.1, -0.05) is 24.6 Å². The molecule has 24 heavy (non-hydrogen) atoms. The van der Waals surface area contributed by atoms with Crippen molar-refractivity contribution in [2.75, 3.05) is 18.4 Å². The third kappa shape index (κ3) is 3.85. The monoisotopic (exact) mass is 344 g/mol. The number of amides is 1. The maximum absolute atomic E-state index is 12.5. The number of nitrogens with one attached hydrogen (secondary N) is 1. The molecule has 0 radical (unpaired) electrons. The molecule has 0 spiro atoms. The maximum atomic E-state index is 12.5. The largest absolute Gasteiger partial charge is 0.339 e. The summed E-state index contributed by atoms with van der Waals surface area (Å²) in [7, 11) is 0. The van der Waals surface area contributed by atoms with Gasteiger partial charge in [0.15, 0.2) is 0 Å². The molecule has 2 heterocycles. The average Bonchev–Trinajstić information content (AvgIpc) is 2.59. The van der Waals surface area contributed by atoms with E-state index in [1.807, 2.05) is 30.0 Å². The Morgan fingerprint density at radius 2 is 1.92 bits per heavy atom. The van der Waals surface area contributed by atoms with Crippen LogP contribution in [0.5, 0.6) is 0 Å². The Labute approximate surface area is 147 Å². The minimum atomic E-state index is 0.00632. The van der Waals surface area contributed by atoms with E-state index in [1.54, 1.807) is 12.4 Å². The van der Waals surface area contributed by atoms with Gasteiger partial charge in [0, 0.05) is 36.2 Å². The van der Waals surface area contributed by atoms with Gasteiger partial charge in [-0.05, 0) is 43.4 Å². The van der Waals surface area contributed by atoms with Crippen LogP contribution in [0.4, 0.5) is 11.6 Å². The summed E-state index contributed by atoms with van der Waals surface area (Å²) in [5, 5.41) is 3.78. The summed E-state index contributed by atoms with van der Waals surface area (Å²) in [6, 6.07) is 5.67. The highest BCUT2D eigenvalue weighted by Crippen LogP contribution is 2.22. The van der Waals surface area contributed by atoms with Gasteiger partial charge in [-0.2, -0.15) is 0 Å². The Balaban J connectivity index is 1.66. The normalized spacial score (nSPS) is 15.4. The third-order valence-corrected chi connectivity index (χ3v) is 4.80. The van der Waals surface area contributed by atoms with Crippen LogP contribution in [0, 0.1) is 12.8 Å². The standard InChI is InChI=1S/C18H21ClN4O/c1-12-5-7-23(8-6-12)17(24)14-10-20-18(21-11-14)22-15-4-3-13(2)16(19)9-15/h3-4,9-12H,5-8H2,1-2H3,(H,20,21,22). The molecule has 1 saturated heterocycles. The highest BCUT2D eigenvalue weighted by molar-refractivity contribution is 6.31. The van der Waals surface area contributed by atoms with Gasteiger partial charge in [0.2, 0.25) is 5.95 Å². The number of benzene rings is 1. The van der Waals surface area contributed by atoms with Crippen molar-refractivity contribution < 1.29 is 4.79 Å². The maximum Gasteiger partial charge on any atom is 0.256 e. The van der Waals surface area contributed by atoms with Gasteiger partial charge < -0.3 is 10.2 Å². The van der Waals surface area contributed by atoms with Crippen LogP contribution in [-0.4, -0.2) is 33.9 Å². The van der Waals surface area contributed by atoms with Gasteiger partial charge in [-0.25, -0.2) is 9.97 Å². The zero-order chi connectivity index (χ0) is 17.1. The van der Waals surface area contributed by atoms with Crippen LogP contribution in [0.1, 0.15) is 35.7 Å². The molecule has 1 aliphatic rings. The van der Waals surface area contributed by atoms with E-state index in [9.17, 15) is 4.79 Å². The van der Waals surface area contributed by atoms with Crippen molar-refractivity contribution in [3.63, 3.8) is 0 Å². The summed E-state index contributed by atoms with van der Waals surface area (Å²) in [6.45, 7) is 5.79. The lowest BCUT2D eigenvalue weighted by atomic mass is 9.99. The number of anilines is 2. The summed E-state index contributed by atoms with van der Waals surface area (Å²) in [6.07, 6.45) is 5.26. The van der Waals surface area contributed by atoms with Crippen molar-refractivity contribution in [2.24, 2.45) is 5.92 Å². The molecule has 0 saturated carbocycles. The molecule has 6 heteroatoms. The van der Waals surface area contributed by atoms with E-state index in [4.69, 9.17) is 11.6 Å². The van der Waals surface area contributed by atoms with Crippen LogP contribution < -0.4 is 5.32 Å². The molecular weight excluding hydrogens is 324 g/mol. The van der Waals surface area contributed by atoms with Crippen LogP contribution in [-0.2, 0) is 0 Å². The molecule has 1 aromatic carbocycles. The van der Waals surface area contributed by atoms with Crippen LogP contribution in [0.3, 0.4) is 0 Å². The molecule has 0 unspecified atom stereocenters. The first-order chi connectivity index (χ1) is 11.5. The Bertz CT molecular complexity index is 724. The number of hydrogen-bond donors (Lipinski definition) is 1. The fourth-order valence-corrected chi connectivity index (χ4v) is 2.88. The highest BCUT2D eigenvalue weighted by atomic mass is 35.5. The number of aromatic nitrogens is 2. The van der Waals surface area contributed by atoms with E-state index in [0.717, 1.165) is 37.2 Å². The molecule has 0 atom stereocenters. The third-order valence-electron chi connectivity index (χ3n) is 4.40. The van der Waals surface area contributed by atoms with Crippen LogP contribution in [0.2, 0.25) is 5.02 Å². The number of halogens is 1. The predicted molar refractivity (Wildman–Crippen MR) is 95.8 cm³/mol. The predicted octanol–water partition coefficient (Wildman–Crippen LogP) is 4.05. The van der Waals surface area contributed by atoms with Crippen molar-refractivity contribution in [3.05, 3.63) is 46.7 Å². The first-order valence-corrected chi connectivity index (χ1v) is 8.55. The van der Waals surface area contributed by atoms with E-state index in [1.165, 1.54) is 0 Å². The van der Waals surface area contributed by atoms with E-state index >= 15 is 0 Å². The molecular formula is C18H21ClN4O. The molecule has 126 valence electrons. The number of carbonyl (C=O) groups excluding carboxylic acids is 1. The molecule has 1 aliphatic heterocycles. The first-order valence-electron chi connectivity index (χ1n) is 8.17. The molecule has 1 aromatic heterocycles. The Morgan fingerprint density at radius 1 is 1.25 bits per heavy atom. The lowest BCUT2D eigenvalue weighted by molar-refractivity contribution is 0.0696. The van der Waals surface area contributed by atoms with Gasteiger partial charge in [-0.15, -0.1) is 0 Å². The Hall–Kier alpha value is -2.14. The zero-order valence-corrected chi connectivity index (χ0v) is 14.7. The summed E-state index contributed by atoms with van der Waals surface area (Å²) in [4.78, 5) is 22.8. The minimum absolute atomic E-state index is 0.00632. The number of likely N-dealkylation sites (tertiary alicyclic amines) is 1. The van der Waals surface area contributed by atoms with Gasteiger partial charge in [0.05, 0.1) is 5.56 Å². The van der Waals surface area contributed by atoms with Crippen molar-refractivity contribution in [1.82, 2.24) is 14.9 Å². The van der Waals surface area contributed by atoms with Crippen molar-refractivity contribution in [1.29, 1.82) is 0 Å². The molecule has 1 N–H and O–H groups in total. The van der Waals surface area contributed by atoms with Crippen LogP contribution in [0.25, 0.3) is 0 Å². The Morgan fingerprint density at radius 3 is 2.54 bits per heavy atom. The second-order valence-corrected chi connectivity index (χ2v) is 6.77. The lowest BCUT2D eigenvalue weighted by Crippen LogP contribution is -2.38. The second-order valence-electron chi connectivity index (χ2n) is 6.36. The molecule has 3 rings (SSSR count). The topological polar surface area (TPSA) is 58.1 Å². The average molecular weight is 345 g/mol. The van der Waals surface area contributed by atoms with Gasteiger partial charge >= 0.3 is 0 Å². The van der Waals surface area contributed by atoms with Gasteiger partial charge in [0.1, 0.15) is 0 Å². The fraction of sp³-hybridized carbons (Fsp3) is 0.389. The summed E-state index contributed by atoms with van der Waals surface area (Å²) < 4.78 is 0. The minimum Gasteiger partial charge on any atom is -0.339 e. The SMILES string of the molecule is Cc1ccc(Nc2ncc(C(=O)N3CCC(C)CC3)cn2)cc1Cl. The molecule has 5 nitrogen and oxygen atoms in total. The quantitative estimate of drug-likeness (QED) is 0.912. The fourth-order valence-electron chi connectivity index (χ4n) is 2.70. The number of piperidine rings is 1. The molecule has 0 bridgehead atoms. The van der Waals surface area contributed by atoms with E-state index in [0.29, 0.717) is 22.5 Å². The first kappa shape index (κ1) is 16.7. The van der Waals surface area contributed by atoms with E-state index in [-0.39, 0.29) is 5.91 Å².